The summed E-state index contributed by atoms with van der Waals surface area (Å²) in [4.78, 5) is 31.9. The number of benzene rings is 1. The van der Waals surface area contributed by atoms with E-state index < -0.39 is 18.1 Å². The highest BCUT2D eigenvalue weighted by molar-refractivity contribution is 5.71. The summed E-state index contributed by atoms with van der Waals surface area (Å²) < 4.78 is 34.0. The smallest absolute Gasteiger partial charge is 0.408 e. The number of amides is 1. The number of nitrogens with one attached hydrogen (secondary N) is 1. The topological polar surface area (TPSA) is 98.5 Å². The fraction of sp³-hybridized carbons (Fsp3) is 0.381. The number of carbonyl (C=O) groups is 2. The predicted molar refractivity (Wildman–Crippen MR) is 106 cm³/mol. The number of ether oxygens (including phenoxy) is 1. The number of rotatable bonds is 6. The van der Waals surface area contributed by atoms with Crippen LogP contribution in [0.25, 0.3) is 5.78 Å². The lowest BCUT2D eigenvalue weighted by Gasteiger charge is -2.33. The number of nitrogens with zero attached hydrogens (tertiary/aromatic N) is 4. The zero-order valence-electron chi connectivity index (χ0n) is 16.6. The predicted octanol–water partition coefficient (Wildman–Crippen LogP) is 3.73. The fourth-order valence-electron chi connectivity index (χ4n) is 3.74. The van der Waals surface area contributed by atoms with Crippen LogP contribution in [0, 0.1) is 5.92 Å². The third kappa shape index (κ3) is 5.01. The molecule has 162 valence electrons. The van der Waals surface area contributed by atoms with Gasteiger partial charge in [-0.15, -0.1) is 0 Å². The number of alkyl halides is 2. The summed E-state index contributed by atoms with van der Waals surface area (Å²) >= 11 is 0. The maximum absolute atomic E-state index is 13.7. The fourth-order valence-corrected chi connectivity index (χ4v) is 3.74. The molecule has 0 aliphatic heterocycles. The van der Waals surface area contributed by atoms with Crippen molar-refractivity contribution in [3.63, 3.8) is 0 Å². The van der Waals surface area contributed by atoms with Crippen molar-refractivity contribution in [2.24, 2.45) is 5.92 Å². The van der Waals surface area contributed by atoms with Crippen molar-refractivity contribution in [3.05, 3.63) is 59.7 Å². The Morgan fingerprint density at radius 1 is 1.29 bits per heavy atom. The molecular weight excluding hydrogens is 408 g/mol. The van der Waals surface area contributed by atoms with Crippen molar-refractivity contribution < 1.29 is 23.1 Å². The molecule has 1 aliphatic carbocycles. The Bertz CT molecular complexity index is 1060. The zero-order valence-corrected chi connectivity index (χ0v) is 16.6. The molecule has 1 N–H and O–H groups in total. The van der Waals surface area contributed by atoms with Gasteiger partial charge in [0.15, 0.2) is 6.29 Å². The first kappa shape index (κ1) is 20.8. The molecule has 0 unspecified atom stereocenters. The highest BCUT2D eigenvalue weighted by atomic mass is 19.3. The summed E-state index contributed by atoms with van der Waals surface area (Å²) in [7, 11) is 0. The van der Waals surface area contributed by atoms with Gasteiger partial charge in [0.1, 0.15) is 12.3 Å². The molecule has 1 atom stereocenters. The van der Waals surface area contributed by atoms with Gasteiger partial charge < -0.3 is 10.1 Å². The lowest BCUT2D eigenvalue weighted by Crippen LogP contribution is -2.37. The normalized spacial score (nSPS) is 17.2. The highest BCUT2D eigenvalue weighted by Crippen LogP contribution is 2.41. The number of aldehydes is 1. The average Bonchev–Trinajstić information content (AvgIpc) is 3.20. The van der Waals surface area contributed by atoms with Crippen molar-refractivity contribution in [1.82, 2.24) is 24.9 Å². The number of carbonyl (C=O) groups excluding carboxylic acids is 2. The first-order valence-corrected chi connectivity index (χ1v) is 9.96. The monoisotopic (exact) mass is 429 g/mol. The first-order valence-electron chi connectivity index (χ1n) is 9.96. The van der Waals surface area contributed by atoms with Gasteiger partial charge in [-0.1, -0.05) is 30.3 Å². The molecule has 0 radical (unpaired) electrons. The van der Waals surface area contributed by atoms with Gasteiger partial charge in [-0.2, -0.15) is 5.10 Å². The van der Waals surface area contributed by atoms with Gasteiger partial charge in [-0.05, 0) is 24.3 Å². The molecule has 10 heteroatoms. The largest absolute Gasteiger partial charge is 0.445 e. The van der Waals surface area contributed by atoms with Crippen molar-refractivity contribution >= 4 is 18.2 Å². The maximum Gasteiger partial charge on any atom is 0.408 e. The van der Waals surface area contributed by atoms with Crippen LogP contribution in [0.4, 0.5) is 13.6 Å². The number of aromatic nitrogens is 4. The molecule has 1 saturated carbocycles. The molecule has 3 aromatic rings. The molecule has 0 spiro atoms. The molecule has 4 rings (SSSR count). The summed E-state index contributed by atoms with van der Waals surface area (Å²) in [5.74, 6) is -2.71. The standard InChI is InChI=1S/C21H21F2N5O3/c22-21(23)8-6-15(7-9-21)18(26-20(30)31-13-14-4-2-1-3-5-14)17-11-28-19(25-17)24-10-16(12-29)27-28/h1-5,10-12,15,18H,6-9,13H2,(H,26,30)/t18-/m0/s1. The Morgan fingerprint density at radius 2 is 2.03 bits per heavy atom. The van der Waals surface area contributed by atoms with Gasteiger partial charge in [-0.25, -0.2) is 28.1 Å². The Kier molecular flexibility index (Phi) is 5.88. The van der Waals surface area contributed by atoms with E-state index in [9.17, 15) is 18.4 Å². The van der Waals surface area contributed by atoms with Gasteiger partial charge in [0.05, 0.1) is 24.1 Å². The molecule has 1 fully saturated rings. The Labute approximate surface area is 176 Å². The van der Waals surface area contributed by atoms with Crippen LogP contribution in [0.2, 0.25) is 0 Å². The van der Waals surface area contributed by atoms with Crippen LogP contribution in [0.15, 0.2) is 42.7 Å². The lowest BCUT2D eigenvalue weighted by atomic mass is 9.81. The number of halogens is 2. The van der Waals surface area contributed by atoms with Crippen molar-refractivity contribution in [2.45, 2.75) is 44.3 Å². The molecule has 0 bridgehead atoms. The second kappa shape index (κ2) is 8.75. The van der Waals surface area contributed by atoms with Crippen LogP contribution in [-0.4, -0.2) is 37.9 Å². The number of hydrogen-bond acceptors (Lipinski definition) is 6. The Balaban J connectivity index is 1.54. The summed E-state index contributed by atoms with van der Waals surface area (Å²) in [6.45, 7) is 0.0824. The summed E-state index contributed by atoms with van der Waals surface area (Å²) in [5.41, 5.74) is 1.38. The molecule has 0 saturated heterocycles. The zero-order chi connectivity index (χ0) is 21.8. The van der Waals surface area contributed by atoms with Crippen LogP contribution in [-0.2, 0) is 11.3 Å². The van der Waals surface area contributed by atoms with Crippen LogP contribution < -0.4 is 5.32 Å². The summed E-state index contributed by atoms with van der Waals surface area (Å²) in [6, 6.07) is 8.55. The number of fused-ring (bicyclic) bond motifs is 1. The second-order valence-corrected chi connectivity index (χ2v) is 7.59. The molecule has 8 nitrogen and oxygen atoms in total. The molecule has 2 aromatic heterocycles. The van der Waals surface area contributed by atoms with E-state index in [0.717, 1.165) is 5.56 Å². The van der Waals surface area contributed by atoms with E-state index in [1.165, 1.54) is 10.7 Å². The van der Waals surface area contributed by atoms with E-state index in [2.05, 4.69) is 20.4 Å². The van der Waals surface area contributed by atoms with Gasteiger partial charge in [0.25, 0.3) is 5.78 Å². The molecule has 1 amide bonds. The number of hydrogen-bond donors (Lipinski definition) is 1. The van der Waals surface area contributed by atoms with E-state index in [1.807, 2.05) is 30.3 Å². The third-order valence-electron chi connectivity index (χ3n) is 5.38. The molecule has 1 aliphatic rings. The SMILES string of the molecule is O=Cc1cnc2nc([C@@H](NC(=O)OCc3ccccc3)C3CCC(F)(F)CC3)cn2n1. The average molecular weight is 429 g/mol. The second-order valence-electron chi connectivity index (χ2n) is 7.59. The Morgan fingerprint density at radius 3 is 2.74 bits per heavy atom. The van der Waals surface area contributed by atoms with E-state index in [4.69, 9.17) is 4.74 Å². The van der Waals surface area contributed by atoms with Gasteiger partial charge in [0, 0.05) is 12.8 Å². The first-order chi connectivity index (χ1) is 14.9. The van der Waals surface area contributed by atoms with Gasteiger partial charge in [-0.3, -0.25) is 4.79 Å². The van der Waals surface area contributed by atoms with E-state index in [0.29, 0.717) is 12.0 Å². The minimum absolute atomic E-state index is 0.0824. The van der Waals surface area contributed by atoms with Crippen LogP contribution in [0.3, 0.4) is 0 Å². The third-order valence-corrected chi connectivity index (χ3v) is 5.38. The van der Waals surface area contributed by atoms with E-state index >= 15 is 0 Å². The van der Waals surface area contributed by atoms with Crippen molar-refractivity contribution in [3.8, 4) is 0 Å². The van der Waals surface area contributed by atoms with Crippen molar-refractivity contribution in [1.29, 1.82) is 0 Å². The van der Waals surface area contributed by atoms with Crippen molar-refractivity contribution in [2.75, 3.05) is 0 Å². The van der Waals surface area contributed by atoms with Crippen LogP contribution in [0.1, 0.15) is 53.5 Å². The van der Waals surface area contributed by atoms with Crippen LogP contribution >= 0.6 is 0 Å². The summed E-state index contributed by atoms with van der Waals surface area (Å²) in [5, 5.41) is 6.86. The molecule has 31 heavy (non-hydrogen) atoms. The molecular formula is C21H21F2N5O3. The number of alkyl carbamates (subject to hydrolysis) is 1. The van der Waals surface area contributed by atoms with E-state index in [1.54, 1.807) is 6.20 Å². The minimum atomic E-state index is -2.70. The van der Waals surface area contributed by atoms with Gasteiger partial charge >= 0.3 is 6.09 Å². The van der Waals surface area contributed by atoms with E-state index in [-0.39, 0.29) is 49.7 Å². The van der Waals surface area contributed by atoms with Gasteiger partial charge in [0.2, 0.25) is 5.92 Å². The number of imidazole rings is 1. The highest BCUT2D eigenvalue weighted by Gasteiger charge is 2.39. The summed E-state index contributed by atoms with van der Waals surface area (Å²) in [6.07, 6.45) is 2.67. The molecule has 1 aromatic carbocycles. The maximum atomic E-state index is 13.7. The minimum Gasteiger partial charge on any atom is -0.445 e. The molecule has 2 heterocycles. The lowest BCUT2D eigenvalue weighted by molar-refractivity contribution is -0.0497. The van der Waals surface area contributed by atoms with Crippen LogP contribution in [0.5, 0.6) is 0 Å². The Hall–Kier alpha value is -3.43. The quantitative estimate of drug-likeness (QED) is 0.600.